The number of hydrogen-bond donors (Lipinski definition) is 1. The van der Waals surface area contributed by atoms with Gasteiger partial charge in [0.05, 0.1) is 0 Å². The van der Waals surface area contributed by atoms with Crippen LogP contribution in [0.2, 0.25) is 0 Å². The first kappa shape index (κ1) is 10.1. The molecule has 0 spiro atoms. The number of rotatable bonds is 1. The van der Waals surface area contributed by atoms with Crippen molar-refractivity contribution in [2.75, 3.05) is 33.2 Å². The summed E-state index contributed by atoms with van der Waals surface area (Å²) in [7, 11) is 2.33. The van der Waals surface area contributed by atoms with Crippen molar-refractivity contribution in [2.45, 2.75) is 43.8 Å². The Bertz CT molecular complexity index is 211. The van der Waals surface area contributed by atoms with Gasteiger partial charge in [-0.25, -0.2) is 0 Å². The van der Waals surface area contributed by atoms with E-state index < -0.39 is 0 Å². The molecule has 0 aromatic heterocycles. The van der Waals surface area contributed by atoms with Crippen molar-refractivity contribution in [1.82, 2.24) is 15.1 Å². The molecule has 0 saturated carbocycles. The lowest BCUT2D eigenvalue weighted by Crippen LogP contribution is -2.54. The standard InChI is InChI=1S/C12H23N3/c1-14-10-2-3-11(14)9-12(8-10)15-6-4-13-5-7-15/h10-13H,2-9H2,1H3. The number of piperazine rings is 1. The van der Waals surface area contributed by atoms with E-state index >= 15 is 0 Å². The molecule has 0 radical (unpaired) electrons. The van der Waals surface area contributed by atoms with E-state index in [4.69, 9.17) is 0 Å². The first-order valence-electron chi connectivity index (χ1n) is 6.51. The predicted molar refractivity (Wildman–Crippen MR) is 62.0 cm³/mol. The highest BCUT2D eigenvalue weighted by Crippen LogP contribution is 2.36. The third-order valence-corrected chi connectivity index (χ3v) is 4.74. The van der Waals surface area contributed by atoms with Gasteiger partial charge in [-0.15, -0.1) is 0 Å². The molecule has 3 saturated heterocycles. The van der Waals surface area contributed by atoms with Crippen LogP contribution in [0.5, 0.6) is 0 Å². The minimum atomic E-state index is 0.890. The largest absolute Gasteiger partial charge is 0.314 e. The molecular formula is C12H23N3. The van der Waals surface area contributed by atoms with Gasteiger partial charge in [-0.2, -0.15) is 0 Å². The van der Waals surface area contributed by atoms with E-state index in [0.717, 1.165) is 18.1 Å². The maximum absolute atomic E-state index is 3.45. The zero-order valence-corrected chi connectivity index (χ0v) is 9.78. The molecule has 1 N–H and O–H groups in total. The molecule has 0 aromatic carbocycles. The van der Waals surface area contributed by atoms with Crippen molar-refractivity contribution in [3.05, 3.63) is 0 Å². The predicted octanol–water partition coefficient (Wildman–Crippen LogP) is 0.517. The lowest BCUT2D eigenvalue weighted by molar-refractivity contribution is 0.0680. The van der Waals surface area contributed by atoms with Crippen molar-refractivity contribution in [1.29, 1.82) is 0 Å². The fraction of sp³-hybridized carbons (Fsp3) is 1.00. The summed E-state index contributed by atoms with van der Waals surface area (Å²) in [5.74, 6) is 0. The van der Waals surface area contributed by atoms with Crippen LogP contribution in [-0.4, -0.2) is 61.2 Å². The molecular weight excluding hydrogens is 186 g/mol. The molecule has 3 nitrogen and oxygen atoms in total. The number of hydrogen-bond acceptors (Lipinski definition) is 3. The van der Waals surface area contributed by atoms with Crippen LogP contribution in [0.1, 0.15) is 25.7 Å². The zero-order chi connectivity index (χ0) is 10.3. The number of piperidine rings is 1. The van der Waals surface area contributed by atoms with Gasteiger partial charge in [0, 0.05) is 44.3 Å². The number of nitrogens with one attached hydrogen (secondary N) is 1. The van der Waals surface area contributed by atoms with Gasteiger partial charge in [-0.1, -0.05) is 0 Å². The molecule has 3 rings (SSSR count). The summed E-state index contributed by atoms with van der Waals surface area (Å²) in [5, 5.41) is 3.45. The van der Waals surface area contributed by atoms with Crippen LogP contribution < -0.4 is 5.32 Å². The molecule has 0 aliphatic carbocycles. The van der Waals surface area contributed by atoms with Crippen LogP contribution in [-0.2, 0) is 0 Å². The van der Waals surface area contributed by atoms with Crippen molar-refractivity contribution < 1.29 is 0 Å². The van der Waals surface area contributed by atoms with Crippen LogP contribution in [0.3, 0.4) is 0 Å². The maximum Gasteiger partial charge on any atom is 0.0126 e. The molecule has 2 bridgehead atoms. The quantitative estimate of drug-likeness (QED) is 0.679. The summed E-state index contributed by atoms with van der Waals surface area (Å²) in [6, 6.07) is 2.67. The fourth-order valence-electron chi connectivity index (χ4n) is 3.73. The van der Waals surface area contributed by atoms with E-state index in [2.05, 4.69) is 22.2 Å². The molecule has 3 aliphatic rings. The van der Waals surface area contributed by atoms with Gasteiger partial charge in [0.25, 0.3) is 0 Å². The van der Waals surface area contributed by atoms with Crippen molar-refractivity contribution in [3.8, 4) is 0 Å². The Kier molecular flexibility index (Phi) is 2.71. The summed E-state index contributed by atoms with van der Waals surface area (Å²) in [5.41, 5.74) is 0. The van der Waals surface area contributed by atoms with Crippen LogP contribution >= 0.6 is 0 Å². The van der Waals surface area contributed by atoms with E-state index in [1.165, 1.54) is 51.9 Å². The molecule has 86 valence electrons. The Labute approximate surface area is 92.8 Å². The summed E-state index contributed by atoms with van der Waals surface area (Å²) in [6.07, 6.45) is 5.74. The van der Waals surface area contributed by atoms with E-state index in [1.54, 1.807) is 0 Å². The molecule has 3 fully saturated rings. The lowest BCUT2D eigenvalue weighted by Gasteiger charge is -2.43. The molecule has 0 aromatic rings. The second-order valence-corrected chi connectivity index (χ2v) is 5.46. The maximum atomic E-state index is 3.45. The Morgan fingerprint density at radius 3 is 2.13 bits per heavy atom. The zero-order valence-electron chi connectivity index (χ0n) is 9.78. The molecule has 3 aliphatic heterocycles. The van der Waals surface area contributed by atoms with Crippen LogP contribution in [0.4, 0.5) is 0 Å². The summed E-state index contributed by atoms with van der Waals surface area (Å²) in [4.78, 5) is 5.37. The topological polar surface area (TPSA) is 18.5 Å². The summed E-state index contributed by atoms with van der Waals surface area (Å²) >= 11 is 0. The van der Waals surface area contributed by atoms with Gasteiger partial charge >= 0.3 is 0 Å². The van der Waals surface area contributed by atoms with Gasteiger partial charge in [-0.3, -0.25) is 4.90 Å². The molecule has 3 heteroatoms. The van der Waals surface area contributed by atoms with Crippen LogP contribution in [0.25, 0.3) is 0 Å². The second-order valence-electron chi connectivity index (χ2n) is 5.46. The minimum Gasteiger partial charge on any atom is -0.314 e. The summed E-state index contributed by atoms with van der Waals surface area (Å²) in [6.45, 7) is 4.94. The van der Waals surface area contributed by atoms with Gasteiger partial charge < -0.3 is 10.2 Å². The smallest absolute Gasteiger partial charge is 0.0126 e. The number of nitrogens with zero attached hydrogens (tertiary/aromatic N) is 2. The Hall–Kier alpha value is -0.120. The highest BCUT2D eigenvalue weighted by Gasteiger charge is 2.40. The monoisotopic (exact) mass is 209 g/mol. The van der Waals surface area contributed by atoms with Crippen LogP contribution in [0, 0.1) is 0 Å². The van der Waals surface area contributed by atoms with E-state index in [1.807, 2.05) is 0 Å². The Balaban J connectivity index is 1.64. The van der Waals surface area contributed by atoms with Crippen LogP contribution in [0.15, 0.2) is 0 Å². The third kappa shape index (κ3) is 1.81. The molecule has 2 unspecified atom stereocenters. The van der Waals surface area contributed by atoms with Crippen molar-refractivity contribution >= 4 is 0 Å². The molecule has 0 amide bonds. The van der Waals surface area contributed by atoms with Gasteiger partial charge in [0.1, 0.15) is 0 Å². The summed E-state index contributed by atoms with van der Waals surface area (Å²) < 4.78 is 0. The van der Waals surface area contributed by atoms with Crippen molar-refractivity contribution in [3.63, 3.8) is 0 Å². The Morgan fingerprint density at radius 2 is 1.53 bits per heavy atom. The molecule has 15 heavy (non-hydrogen) atoms. The normalized spacial score (nSPS) is 43.4. The average Bonchev–Trinajstić information content (AvgIpc) is 2.54. The molecule has 3 heterocycles. The van der Waals surface area contributed by atoms with E-state index in [9.17, 15) is 0 Å². The first-order valence-corrected chi connectivity index (χ1v) is 6.51. The van der Waals surface area contributed by atoms with Crippen molar-refractivity contribution in [2.24, 2.45) is 0 Å². The third-order valence-electron chi connectivity index (χ3n) is 4.74. The highest BCUT2D eigenvalue weighted by atomic mass is 15.3. The van der Waals surface area contributed by atoms with Gasteiger partial charge in [0.2, 0.25) is 0 Å². The fourth-order valence-corrected chi connectivity index (χ4v) is 3.73. The van der Waals surface area contributed by atoms with E-state index in [-0.39, 0.29) is 0 Å². The minimum absolute atomic E-state index is 0.890. The van der Waals surface area contributed by atoms with Gasteiger partial charge in [-0.05, 0) is 32.7 Å². The lowest BCUT2D eigenvalue weighted by atomic mass is 9.96. The number of fused-ring (bicyclic) bond motifs is 2. The van der Waals surface area contributed by atoms with E-state index in [0.29, 0.717) is 0 Å². The SMILES string of the molecule is CN1C2CCC1CC(N1CCNCC1)C2. The molecule has 2 atom stereocenters. The second kappa shape index (κ2) is 4.04. The first-order chi connectivity index (χ1) is 7.34. The average molecular weight is 209 g/mol. The Morgan fingerprint density at radius 1 is 0.933 bits per heavy atom. The highest BCUT2D eigenvalue weighted by molar-refractivity contribution is 4.97. The van der Waals surface area contributed by atoms with Gasteiger partial charge in [0.15, 0.2) is 0 Å².